The second kappa shape index (κ2) is 5.73. The summed E-state index contributed by atoms with van der Waals surface area (Å²) in [6, 6.07) is 10.3. The van der Waals surface area contributed by atoms with E-state index in [4.69, 9.17) is 0 Å². The van der Waals surface area contributed by atoms with E-state index < -0.39 is 0 Å². The summed E-state index contributed by atoms with van der Waals surface area (Å²) in [5.41, 5.74) is 1.06. The Labute approximate surface area is 122 Å². The molecule has 1 N–H and O–H groups in total. The molecular formula is C15H17N3OS. The largest absolute Gasteiger partial charge is 0.337 e. The Morgan fingerprint density at radius 2 is 2.20 bits per heavy atom. The van der Waals surface area contributed by atoms with E-state index in [0.29, 0.717) is 10.9 Å². The predicted molar refractivity (Wildman–Crippen MR) is 80.9 cm³/mol. The molecular weight excluding hydrogens is 270 g/mol. The van der Waals surface area contributed by atoms with Crippen LogP contribution >= 0.6 is 11.3 Å². The van der Waals surface area contributed by atoms with Crippen molar-refractivity contribution < 1.29 is 4.79 Å². The molecule has 0 spiro atoms. The molecule has 1 atom stereocenters. The Bertz CT molecular complexity index is 590. The number of nitrogens with one attached hydrogen (secondary N) is 1. The lowest BCUT2D eigenvalue weighted by Gasteiger charge is -2.22. The van der Waals surface area contributed by atoms with Crippen LogP contribution in [0.5, 0.6) is 0 Å². The maximum Gasteiger partial charge on any atom is 0.265 e. The third kappa shape index (κ3) is 2.59. The number of hydrogen-bond acceptors (Lipinski definition) is 4. The molecule has 0 aliphatic carbocycles. The Kier molecular flexibility index (Phi) is 3.80. The lowest BCUT2D eigenvalue weighted by Crippen LogP contribution is -2.37. The Morgan fingerprint density at radius 3 is 2.90 bits per heavy atom. The van der Waals surface area contributed by atoms with Crippen LogP contribution in [0.25, 0.3) is 10.6 Å². The summed E-state index contributed by atoms with van der Waals surface area (Å²) in [4.78, 5) is 19.4. The highest BCUT2D eigenvalue weighted by Gasteiger charge is 2.25. The molecule has 5 heteroatoms. The third-order valence-electron chi connectivity index (χ3n) is 3.64. The van der Waals surface area contributed by atoms with E-state index in [1.807, 2.05) is 42.3 Å². The molecule has 0 radical (unpaired) electrons. The Balaban J connectivity index is 1.78. The van der Waals surface area contributed by atoms with E-state index in [1.54, 1.807) is 6.20 Å². The maximum absolute atomic E-state index is 12.4. The van der Waals surface area contributed by atoms with Gasteiger partial charge in [0.15, 0.2) is 0 Å². The van der Waals surface area contributed by atoms with Crippen molar-refractivity contribution in [1.82, 2.24) is 15.2 Å². The van der Waals surface area contributed by atoms with Gasteiger partial charge in [0.25, 0.3) is 5.91 Å². The third-order valence-corrected chi connectivity index (χ3v) is 4.67. The van der Waals surface area contributed by atoms with Gasteiger partial charge in [0.2, 0.25) is 0 Å². The molecule has 2 heterocycles. The molecule has 1 amide bonds. The van der Waals surface area contributed by atoms with Crippen molar-refractivity contribution in [3.8, 4) is 10.6 Å². The van der Waals surface area contributed by atoms with Crippen molar-refractivity contribution in [2.24, 2.45) is 0 Å². The molecule has 2 aromatic rings. The van der Waals surface area contributed by atoms with E-state index in [9.17, 15) is 4.79 Å². The van der Waals surface area contributed by atoms with Crippen LogP contribution in [-0.2, 0) is 0 Å². The van der Waals surface area contributed by atoms with Gasteiger partial charge in [0, 0.05) is 25.2 Å². The van der Waals surface area contributed by atoms with Crippen LogP contribution in [0.3, 0.4) is 0 Å². The number of carbonyl (C=O) groups excluding carboxylic acids is 1. The second-order valence-corrected chi connectivity index (χ2v) is 5.99. The van der Waals surface area contributed by atoms with Crippen molar-refractivity contribution in [1.29, 1.82) is 0 Å². The average molecular weight is 287 g/mol. The molecule has 3 rings (SSSR count). The van der Waals surface area contributed by atoms with E-state index in [2.05, 4.69) is 10.3 Å². The predicted octanol–water partition coefficient (Wildman–Crippen LogP) is 2.24. The van der Waals surface area contributed by atoms with Crippen molar-refractivity contribution in [3.05, 3.63) is 41.4 Å². The SMILES string of the molecule is CN(C(=O)c1cnc(-c2ccccc2)s1)C1CCNC1. The Hall–Kier alpha value is -1.72. The first-order valence-electron chi connectivity index (χ1n) is 6.75. The first-order valence-corrected chi connectivity index (χ1v) is 7.56. The molecule has 1 fully saturated rings. The van der Waals surface area contributed by atoms with Gasteiger partial charge in [0.05, 0.1) is 6.20 Å². The van der Waals surface area contributed by atoms with Crippen LogP contribution in [0, 0.1) is 0 Å². The number of benzene rings is 1. The summed E-state index contributed by atoms with van der Waals surface area (Å²) in [7, 11) is 1.88. The van der Waals surface area contributed by atoms with Crippen molar-refractivity contribution >= 4 is 17.2 Å². The van der Waals surface area contributed by atoms with Crippen molar-refractivity contribution in [2.45, 2.75) is 12.5 Å². The number of amides is 1. The van der Waals surface area contributed by atoms with E-state index in [-0.39, 0.29) is 5.91 Å². The fourth-order valence-electron chi connectivity index (χ4n) is 2.40. The summed E-state index contributed by atoms with van der Waals surface area (Å²) >= 11 is 1.46. The molecule has 1 aliphatic rings. The molecule has 1 aromatic carbocycles. The highest BCUT2D eigenvalue weighted by atomic mass is 32.1. The standard InChI is InChI=1S/C15H17N3OS/c1-18(12-7-8-16-9-12)15(19)13-10-17-14(20-13)11-5-3-2-4-6-11/h2-6,10,12,16H,7-9H2,1H3. The maximum atomic E-state index is 12.4. The first kappa shape index (κ1) is 13.3. The summed E-state index contributed by atoms with van der Waals surface area (Å²) in [5.74, 6) is 0.0679. The molecule has 104 valence electrons. The molecule has 1 aromatic heterocycles. The molecule has 1 aliphatic heterocycles. The van der Waals surface area contributed by atoms with Gasteiger partial charge in [0.1, 0.15) is 9.88 Å². The normalized spacial score (nSPS) is 18.1. The minimum Gasteiger partial charge on any atom is -0.337 e. The minimum absolute atomic E-state index is 0.0679. The number of carbonyl (C=O) groups is 1. The number of thiazole rings is 1. The van der Waals surface area contributed by atoms with Gasteiger partial charge in [-0.2, -0.15) is 0 Å². The Morgan fingerprint density at radius 1 is 1.40 bits per heavy atom. The van der Waals surface area contributed by atoms with Crippen LogP contribution in [0.1, 0.15) is 16.1 Å². The molecule has 0 saturated carbocycles. The zero-order chi connectivity index (χ0) is 13.9. The topological polar surface area (TPSA) is 45.2 Å². The van der Waals surface area contributed by atoms with Crippen LogP contribution in [-0.4, -0.2) is 42.0 Å². The number of likely N-dealkylation sites (N-methyl/N-ethyl adjacent to an activating group) is 1. The van der Waals surface area contributed by atoms with Crippen LogP contribution in [0.2, 0.25) is 0 Å². The van der Waals surface area contributed by atoms with Crippen LogP contribution in [0.15, 0.2) is 36.5 Å². The zero-order valence-electron chi connectivity index (χ0n) is 11.4. The van der Waals surface area contributed by atoms with Gasteiger partial charge in [-0.3, -0.25) is 4.79 Å². The van der Waals surface area contributed by atoms with E-state index in [0.717, 1.165) is 30.1 Å². The van der Waals surface area contributed by atoms with E-state index in [1.165, 1.54) is 11.3 Å². The average Bonchev–Trinajstić information content (AvgIpc) is 3.18. The van der Waals surface area contributed by atoms with Crippen LogP contribution in [0.4, 0.5) is 0 Å². The van der Waals surface area contributed by atoms with Gasteiger partial charge in [-0.1, -0.05) is 30.3 Å². The number of aromatic nitrogens is 1. The molecule has 20 heavy (non-hydrogen) atoms. The number of hydrogen-bond donors (Lipinski definition) is 1. The summed E-state index contributed by atoms with van der Waals surface area (Å²) < 4.78 is 0. The summed E-state index contributed by atoms with van der Waals surface area (Å²) in [6.07, 6.45) is 2.71. The summed E-state index contributed by atoms with van der Waals surface area (Å²) in [6.45, 7) is 1.87. The number of rotatable bonds is 3. The highest BCUT2D eigenvalue weighted by molar-refractivity contribution is 7.16. The van der Waals surface area contributed by atoms with Crippen LogP contribution < -0.4 is 5.32 Å². The smallest absolute Gasteiger partial charge is 0.265 e. The highest BCUT2D eigenvalue weighted by Crippen LogP contribution is 2.26. The number of nitrogens with zero attached hydrogens (tertiary/aromatic N) is 2. The molecule has 0 bridgehead atoms. The van der Waals surface area contributed by atoms with Gasteiger partial charge < -0.3 is 10.2 Å². The van der Waals surface area contributed by atoms with E-state index >= 15 is 0 Å². The zero-order valence-corrected chi connectivity index (χ0v) is 12.2. The first-order chi connectivity index (χ1) is 9.75. The lowest BCUT2D eigenvalue weighted by molar-refractivity contribution is 0.0748. The van der Waals surface area contributed by atoms with Gasteiger partial charge in [-0.05, 0) is 13.0 Å². The van der Waals surface area contributed by atoms with Crippen molar-refractivity contribution in [3.63, 3.8) is 0 Å². The summed E-state index contributed by atoms with van der Waals surface area (Å²) in [5, 5.41) is 4.18. The molecule has 1 unspecified atom stereocenters. The second-order valence-electron chi connectivity index (χ2n) is 4.96. The van der Waals surface area contributed by atoms with Crippen molar-refractivity contribution in [2.75, 3.05) is 20.1 Å². The van der Waals surface area contributed by atoms with Gasteiger partial charge in [-0.25, -0.2) is 4.98 Å². The quantitative estimate of drug-likeness (QED) is 0.941. The van der Waals surface area contributed by atoms with Gasteiger partial charge >= 0.3 is 0 Å². The van der Waals surface area contributed by atoms with Gasteiger partial charge in [-0.15, -0.1) is 11.3 Å². The minimum atomic E-state index is 0.0679. The molecule has 1 saturated heterocycles. The fraction of sp³-hybridized carbons (Fsp3) is 0.333. The monoisotopic (exact) mass is 287 g/mol. The molecule has 4 nitrogen and oxygen atoms in total. The fourth-order valence-corrected chi connectivity index (χ4v) is 3.30. The lowest BCUT2D eigenvalue weighted by atomic mass is 10.2.